The first-order chi connectivity index (χ1) is 16.2. The summed E-state index contributed by atoms with van der Waals surface area (Å²) in [6, 6.07) is 20.5. The molecule has 1 aliphatic heterocycles. The molecule has 0 radical (unpaired) electrons. The van der Waals surface area contributed by atoms with Gasteiger partial charge in [0.15, 0.2) is 35.8 Å². The minimum Gasteiger partial charge on any atom is -0.447 e. The number of rotatable bonds is 8. The van der Waals surface area contributed by atoms with Crippen LogP contribution in [0.25, 0.3) is 0 Å². The normalized spacial score (nSPS) is 14.3. The molecule has 1 aliphatic rings. The molecule has 0 amide bonds. The van der Waals surface area contributed by atoms with E-state index in [9.17, 15) is 26.9 Å². The SMILES string of the molecule is O=[N+]([O-])/C(=C\C1Oc2ccccc2O1)CC(S(=O)(=O)c1ccccc1)S(=O)(=O)c1ccccc1. The summed E-state index contributed by atoms with van der Waals surface area (Å²) in [6.45, 7) is 0. The second kappa shape index (κ2) is 9.27. The van der Waals surface area contributed by atoms with Gasteiger partial charge in [0.2, 0.25) is 0 Å². The number of nitro groups is 1. The summed E-state index contributed by atoms with van der Waals surface area (Å²) in [6.07, 6.45) is -1.15. The molecule has 0 aromatic heterocycles. The zero-order valence-corrected chi connectivity index (χ0v) is 19.2. The first-order valence-corrected chi connectivity index (χ1v) is 13.1. The molecule has 0 fully saturated rings. The average Bonchev–Trinajstić information content (AvgIpc) is 3.25. The standard InChI is InChI=1S/C23H19NO8S2/c25-24(26)17(15-22-31-20-13-7-8-14-21(20)32-22)16-23(33(27,28)18-9-3-1-4-10-18)34(29,30)19-11-5-2-6-12-19/h1-15,22-23H,16H2/b17-15-. The fourth-order valence-electron chi connectivity index (χ4n) is 3.43. The van der Waals surface area contributed by atoms with Gasteiger partial charge in [0.25, 0.3) is 12.0 Å². The van der Waals surface area contributed by atoms with E-state index in [2.05, 4.69) is 0 Å². The zero-order valence-electron chi connectivity index (χ0n) is 17.6. The Morgan fingerprint density at radius 3 is 1.62 bits per heavy atom. The molecular formula is C23H19NO8S2. The first-order valence-electron chi connectivity index (χ1n) is 10.0. The molecule has 176 valence electrons. The second-order valence-corrected chi connectivity index (χ2v) is 11.9. The Kier molecular flexibility index (Phi) is 6.40. The average molecular weight is 502 g/mol. The minimum absolute atomic E-state index is 0.261. The number of nitrogens with zero attached hydrogens (tertiary/aromatic N) is 1. The Hall–Kier alpha value is -3.70. The molecular weight excluding hydrogens is 482 g/mol. The van der Waals surface area contributed by atoms with Gasteiger partial charge in [-0.05, 0) is 36.4 Å². The predicted octanol–water partition coefficient (Wildman–Crippen LogP) is 3.61. The first kappa shape index (κ1) is 23.5. The molecule has 0 bridgehead atoms. The Balaban J connectivity index is 1.76. The number of fused-ring (bicyclic) bond motifs is 1. The highest BCUT2D eigenvalue weighted by Crippen LogP contribution is 2.35. The van der Waals surface area contributed by atoms with Gasteiger partial charge < -0.3 is 9.47 Å². The van der Waals surface area contributed by atoms with Gasteiger partial charge in [-0.2, -0.15) is 0 Å². The van der Waals surface area contributed by atoms with Gasteiger partial charge in [-0.25, -0.2) is 16.8 Å². The Bertz CT molecular complexity index is 1340. The lowest BCUT2D eigenvalue weighted by Crippen LogP contribution is -2.32. The summed E-state index contributed by atoms with van der Waals surface area (Å²) in [4.78, 5) is 10.5. The second-order valence-electron chi connectivity index (χ2n) is 7.32. The van der Waals surface area contributed by atoms with Crippen LogP contribution in [0.3, 0.4) is 0 Å². The molecule has 3 aromatic carbocycles. The fraction of sp³-hybridized carbons (Fsp3) is 0.130. The van der Waals surface area contributed by atoms with E-state index in [4.69, 9.17) is 9.47 Å². The predicted molar refractivity (Wildman–Crippen MR) is 122 cm³/mol. The van der Waals surface area contributed by atoms with E-state index in [-0.39, 0.29) is 9.79 Å². The van der Waals surface area contributed by atoms with Crippen molar-refractivity contribution in [3.63, 3.8) is 0 Å². The van der Waals surface area contributed by atoms with E-state index in [1.165, 1.54) is 48.5 Å². The van der Waals surface area contributed by atoms with Gasteiger partial charge in [-0.15, -0.1) is 0 Å². The summed E-state index contributed by atoms with van der Waals surface area (Å²) >= 11 is 0. The van der Waals surface area contributed by atoms with Crippen molar-refractivity contribution >= 4 is 19.7 Å². The number of ether oxygens (including phenoxy) is 2. The topological polar surface area (TPSA) is 130 Å². The highest BCUT2D eigenvalue weighted by molar-refractivity contribution is 8.09. The van der Waals surface area contributed by atoms with Crippen LogP contribution in [0.1, 0.15) is 6.42 Å². The number of allylic oxidation sites excluding steroid dienone is 1. The van der Waals surface area contributed by atoms with Crippen LogP contribution in [-0.2, 0) is 19.7 Å². The van der Waals surface area contributed by atoms with Crippen molar-refractivity contribution in [1.29, 1.82) is 0 Å². The minimum atomic E-state index is -4.54. The van der Waals surface area contributed by atoms with E-state index in [1.54, 1.807) is 36.4 Å². The molecule has 0 saturated carbocycles. The molecule has 0 saturated heterocycles. The van der Waals surface area contributed by atoms with Crippen LogP contribution in [0, 0.1) is 10.1 Å². The number of hydrogen-bond donors (Lipinski definition) is 0. The van der Waals surface area contributed by atoms with Gasteiger partial charge in [0.1, 0.15) is 0 Å². The molecule has 1 heterocycles. The molecule has 11 heteroatoms. The van der Waals surface area contributed by atoms with Gasteiger partial charge in [0, 0.05) is 0 Å². The number of para-hydroxylation sites is 2. The van der Waals surface area contributed by atoms with E-state index in [0.717, 1.165) is 6.08 Å². The maximum atomic E-state index is 13.4. The van der Waals surface area contributed by atoms with Crippen LogP contribution in [0.4, 0.5) is 0 Å². The Labute approximate surface area is 196 Å². The number of benzene rings is 3. The number of hydrogen-bond acceptors (Lipinski definition) is 8. The Morgan fingerprint density at radius 2 is 1.21 bits per heavy atom. The van der Waals surface area contributed by atoms with Crippen LogP contribution >= 0.6 is 0 Å². The molecule has 0 unspecified atom stereocenters. The maximum absolute atomic E-state index is 13.4. The van der Waals surface area contributed by atoms with Crippen LogP contribution in [0.15, 0.2) is 106 Å². The van der Waals surface area contributed by atoms with Crippen molar-refractivity contribution in [1.82, 2.24) is 0 Å². The van der Waals surface area contributed by atoms with Gasteiger partial charge >= 0.3 is 0 Å². The van der Waals surface area contributed by atoms with Gasteiger partial charge in [-0.1, -0.05) is 48.5 Å². The van der Waals surface area contributed by atoms with E-state index in [1.807, 2.05) is 0 Å². The molecule has 3 aromatic rings. The summed E-state index contributed by atoms with van der Waals surface area (Å²) in [5.41, 5.74) is -0.665. The third-order valence-corrected chi connectivity index (χ3v) is 10.2. The van der Waals surface area contributed by atoms with Crippen molar-refractivity contribution in [2.24, 2.45) is 0 Å². The molecule has 0 N–H and O–H groups in total. The summed E-state index contributed by atoms with van der Waals surface area (Å²) in [5.74, 6) is 0.716. The van der Waals surface area contributed by atoms with Crippen molar-refractivity contribution in [2.45, 2.75) is 27.1 Å². The quantitative estimate of drug-likeness (QED) is 0.338. The van der Waals surface area contributed by atoms with Crippen LogP contribution in [-0.4, -0.2) is 32.6 Å². The monoisotopic (exact) mass is 501 g/mol. The van der Waals surface area contributed by atoms with Crippen LogP contribution in [0.2, 0.25) is 0 Å². The molecule has 9 nitrogen and oxygen atoms in total. The van der Waals surface area contributed by atoms with Crippen molar-refractivity contribution in [3.8, 4) is 11.5 Å². The Morgan fingerprint density at radius 1 is 0.794 bits per heavy atom. The lowest BCUT2D eigenvalue weighted by Gasteiger charge is -2.18. The van der Waals surface area contributed by atoms with Gasteiger partial charge in [0.05, 0.1) is 27.2 Å². The summed E-state index contributed by atoms with van der Waals surface area (Å²) in [7, 11) is -9.08. The lowest BCUT2D eigenvalue weighted by molar-refractivity contribution is -0.428. The molecule has 4 rings (SSSR count). The zero-order chi connectivity index (χ0) is 24.3. The van der Waals surface area contributed by atoms with Crippen LogP contribution < -0.4 is 9.47 Å². The molecule has 0 atom stereocenters. The highest BCUT2D eigenvalue weighted by Gasteiger charge is 2.43. The van der Waals surface area contributed by atoms with Crippen LogP contribution in [0.5, 0.6) is 11.5 Å². The third-order valence-electron chi connectivity index (χ3n) is 5.11. The number of sulfone groups is 2. The van der Waals surface area contributed by atoms with E-state index >= 15 is 0 Å². The lowest BCUT2D eigenvalue weighted by atomic mass is 10.3. The van der Waals surface area contributed by atoms with E-state index < -0.39 is 47.6 Å². The maximum Gasteiger partial charge on any atom is 0.267 e. The fourth-order valence-corrected chi connectivity index (χ4v) is 7.89. The summed E-state index contributed by atoms with van der Waals surface area (Å²) < 4.78 is 62.6. The third kappa shape index (κ3) is 4.66. The van der Waals surface area contributed by atoms with Crippen molar-refractivity contribution in [3.05, 3.63) is 107 Å². The largest absolute Gasteiger partial charge is 0.447 e. The smallest absolute Gasteiger partial charge is 0.267 e. The van der Waals surface area contributed by atoms with Crippen molar-refractivity contribution in [2.75, 3.05) is 0 Å². The van der Waals surface area contributed by atoms with Crippen molar-refractivity contribution < 1.29 is 31.2 Å². The van der Waals surface area contributed by atoms with E-state index in [0.29, 0.717) is 11.5 Å². The summed E-state index contributed by atoms with van der Waals surface area (Å²) in [5, 5.41) is 11.9. The highest BCUT2D eigenvalue weighted by atomic mass is 32.3. The molecule has 34 heavy (non-hydrogen) atoms. The molecule has 0 aliphatic carbocycles. The molecule has 0 spiro atoms. The van der Waals surface area contributed by atoms with Gasteiger partial charge in [-0.3, -0.25) is 10.1 Å².